The van der Waals surface area contributed by atoms with Crippen LogP contribution < -0.4 is 0 Å². The second-order valence-corrected chi connectivity index (χ2v) is 2.84. The average molecular weight is 213 g/mol. The highest BCUT2D eigenvalue weighted by molar-refractivity contribution is 6.16. The molecule has 0 radical (unpaired) electrons. The van der Waals surface area contributed by atoms with Crippen LogP contribution in [0.1, 0.15) is 12.1 Å². The molecular formula is C7H8ClF3N2. The van der Waals surface area contributed by atoms with E-state index in [1.54, 1.807) is 6.07 Å². The lowest BCUT2D eigenvalue weighted by Gasteiger charge is -2.05. The van der Waals surface area contributed by atoms with Gasteiger partial charge in [-0.05, 0) is 6.07 Å². The van der Waals surface area contributed by atoms with Gasteiger partial charge in [0.1, 0.15) is 0 Å². The number of hydrogen-bond acceptors (Lipinski definition) is 1. The molecule has 0 amide bonds. The quantitative estimate of drug-likeness (QED) is 0.705. The molecule has 0 atom stereocenters. The Labute approximate surface area is 78.3 Å². The van der Waals surface area contributed by atoms with Crippen molar-refractivity contribution < 1.29 is 13.2 Å². The van der Waals surface area contributed by atoms with Crippen LogP contribution in [0.5, 0.6) is 0 Å². The van der Waals surface area contributed by atoms with Crippen LogP contribution >= 0.6 is 11.6 Å². The summed E-state index contributed by atoms with van der Waals surface area (Å²) in [5.74, 6) is 0.221. The van der Waals surface area contributed by atoms with Gasteiger partial charge in [-0.15, -0.1) is 11.6 Å². The van der Waals surface area contributed by atoms with E-state index in [0.29, 0.717) is 5.69 Å². The maximum Gasteiger partial charge on any atom is 0.390 e. The fraction of sp³-hybridized carbons (Fsp3) is 0.571. The van der Waals surface area contributed by atoms with Crippen molar-refractivity contribution in [2.75, 3.05) is 0 Å². The van der Waals surface area contributed by atoms with Gasteiger partial charge in [0.05, 0.1) is 18.0 Å². The standard InChI is InChI=1S/C7H8ClF3N2/c8-5-6-1-3-13(12-6)4-2-7(9,10)11/h1,3H,2,4-5H2. The molecule has 0 fully saturated rings. The minimum Gasteiger partial charge on any atom is -0.272 e. The minimum absolute atomic E-state index is 0.152. The lowest BCUT2D eigenvalue weighted by Crippen LogP contribution is -2.12. The number of halogens is 4. The van der Waals surface area contributed by atoms with Crippen molar-refractivity contribution in [3.8, 4) is 0 Å². The lowest BCUT2D eigenvalue weighted by atomic mass is 10.4. The van der Waals surface area contributed by atoms with Crippen molar-refractivity contribution in [3.05, 3.63) is 18.0 Å². The van der Waals surface area contributed by atoms with E-state index >= 15 is 0 Å². The van der Waals surface area contributed by atoms with E-state index in [2.05, 4.69) is 5.10 Å². The SMILES string of the molecule is FC(F)(F)CCn1ccc(CCl)n1. The predicted molar refractivity (Wildman–Crippen MR) is 42.5 cm³/mol. The van der Waals surface area contributed by atoms with E-state index < -0.39 is 12.6 Å². The number of hydrogen-bond donors (Lipinski definition) is 0. The molecular weight excluding hydrogens is 205 g/mol. The highest BCUT2D eigenvalue weighted by Crippen LogP contribution is 2.19. The lowest BCUT2D eigenvalue weighted by molar-refractivity contribution is -0.137. The van der Waals surface area contributed by atoms with Crippen LogP contribution in [0, 0.1) is 0 Å². The smallest absolute Gasteiger partial charge is 0.272 e. The molecule has 0 spiro atoms. The summed E-state index contributed by atoms with van der Waals surface area (Å²) in [4.78, 5) is 0. The summed E-state index contributed by atoms with van der Waals surface area (Å²) in [5, 5.41) is 3.82. The van der Waals surface area contributed by atoms with Crippen molar-refractivity contribution in [1.29, 1.82) is 0 Å². The molecule has 6 heteroatoms. The second kappa shape index (κ2) is 4.00. The Morgan fingerprint density at radius 1 is 1.46 bits per heavy atom. The van der Waals surface area contributed by atoms with Gasteiger partial charge in [-0.1, -0.05) is 0 Å². The van der Waals surface area contributed by atoms with Crippen molar-refractivity contribution in [1.82, 2.24) is 9.78 Å². The zero-order chi connectivity index (χ0) is 9.90. The van der Waals surface area contributed by atoms with Crippen LogP contribution in [0.3, 0.4) is 0 Å². The normalized spacial score (nSPS) is 12.0. The van der Waals surface area contributed by atoms with Gasteiger partial charge >= 0.3 is 6.18 Å². The van der Waals surface area contributed by atoms with E-state index in [1.165, 1.54) is 10.9 Å². The van der Waals surface area contributed by atoms with Crippen LogP contribution in [-0.4, -0.2) is 16.0 Å². The first-order valence-electron chi connectivity index (χ1n) is 3.66. The molecule has 0 unspecified atom stereocenters. The summed E-state index contributed by atoms with van der Waals surface area (Å²) in [6.45, 7) is -0.152. The topological polar surface area (TPSA) is 17.8 Å². The summed E-state index contributed by atoms with van der Waals surface area (Å²) in [5.41, 5.74) is 0.587. The van der Waals surface area contributed by atoms with E-state index in [0.717, 1.165) is 0 Å². The molecule has 0 aromatic carbocycles. The first kappa shape index (κ1) is 10.4. The summed E-state index contributed by atoms with van der Waals surface area (Å²) in [6.07, 6.45) is -3.51. The second-order valence-electron chi connectivity index (χ2n) is 2.57. The van der Waals surface area contributed by atoms with Crippen molar-refractivity contribution in [2.24, 2.45) is 0 Å². The third kappa shape index (κ3) is 3.67. The Bertz CT molecular complexity index is 269. The number of nitrogens with zero attached hydrogens (tertiary/aromatic N) is 2. The molecule has 13 heavy (non-hydrogen) atoms. The molecule has 1 rings (SSSR count). The van der Waals surface area contributed by atoms with Crippen LogP contribution in [0.15, 0.2) is 12.3 Å². The monoisotopic (exact) mass is 212 g/mol. The van der Waals surface area contributed by atoms with Gasteiger partial charge in [0.15, 0.2) is 0 Å². The molecule has 74 valence electrons. The maximum atomic E-state index is 11.8. The average Bonchev–Trinajstić information content (AvgIpc) is 2.47. The van der Waals surface area contributed by atoms with Gasteiger partial charge in [0.2, 0.25) is 0 Å². The number of rotatable bonds is 3. The van der Waals surface area contributed by atoms with Gasteiger partial charge in [0, 0.05) is 12.7 Å². The zero-order valence-electron chi connectivity index (χ0n) is 6.68. The Morgan fingerprint density at radius 3 is 2.62 bits per heavy atom. The van der Waals surface area contributed by atoms with E-state index in [4.69, 9.17) is 11.6 Å². The molecule has 1 aromatic heterocycles. The molecule has 1 heterocycles. The Morgan fingerprint density at radius 2 is 2.15 bits per heavy atom. The summed E-state index contributed by atoms with van der Waals surface area (Å²) in [7, 11) is 0. The van der Waals surface area contributed by atoms with Crippen molar-refractivity contribution in [3.63, 3.8) is 0 Å². The predicted octanol–water partition coefficient (Wildman–Crippen LogP) is 2.57. The third-order valence-corrected chi connectivity index (χ3v) is 1.73. The van der Waals surface area contributed by atoms with Crippen LogP contribution in [-0.2, 0) is 12.4 Å². The largest absolute Gasteiger partial charge is 0.390 e. The molecule has 0 aliphatic rings. The van der Waals surface area contributed by atoms with Crippen LogP contribution in [0.4, 0.5) is 13.2 Å². The van der Waals surface area contributed by atoms with Gasteiger partial charge in [0.25, 0.3) is 0 Å². The van der Waals surface area contributed by atoms with Gasteiger partial charge in [-0.2, -0.15) is 18.3 Å². The minimum atomic E-state index is -4.13. The molecule has 0 bridgehead atoms. The van der Waals surface area contributed by atoms with Crippen LogP contribution in [0.25, 0.3) is 0 Å². The van der Waals surface area contributed by atoms with Crippen LogP contribution in [0.2, 0.25) is 0 Å². The van der Waals surface area contributed by atoms with Gasteiger partial charge in [-0.3, -0.25) is 4.68 Å². The summed E-state index contributed by atoms with van der Waals surface area (Å²) >= 11 is 5.43. The molecule has 1 aromatic rings. The molecule has 0 aliphatic heterocycles. The summed E-state index contributed by atoms with van der Waals surface area (Å²) < 4.78 is 36.5. The Balaban J connectivity index is 2.46. The highest BCUT2D eigenvalue weighted by atomic mass is 35.5. The molecule has 2 nitrogen and oxygen atoms in total. The maximum absolute atomic E-state index is 11.8. The fourth-order valence-electron chi connectivity index (χ4n) is 0.841. The zero-order valence-corrected chi connectivity index (χ0v) is 7.44. The van der Waals surface area contributed by atoms with E-state index in [9.17, 15) is 13.2 Å². The number of alkyl halides is 4. The van der Waals surface area contributed by atoms with Crippen molar-refractivity contribution in [2.45, 2.75) is 25.0 Å². The summed E-state index contributed by atoms with van der Waals surface area (Å²) in [6, 6.07) is 1.60. The molecule has 0 saturated carbocycles. The molecule has 0 saturated heterocycles. The van der Waals surface area contributed by atoms with Gasteiger partial charge in [-0.25, -0.2) is 0 Å². The van der Waals surface area contributed by atoms with Crippen molar-refractivity contribution >= 4 is 11.6 Å². The Kier molecular flexibility index (Phi) is 3.19. The van der Waals surface area contributed by atoms with Gasteiger partial charge < -0.3 is 0 Å². The molecule has 0 aliphatic carbocycles. The highest BCUT2D eigenvalue weighted by Gasteiger charge is 2.26. The Hall–Kier alpha value is -0.710. The van der Waals surface area contributed by atoms with E-state index in [-0.39, 0.29) is 12.4 Å². The van der Waals surface area contributed by atoms with E-state index in [1.807, 2.05) is 0 Å². The first-order valence-corrected chi connectivity index (χ1v) is 4.20. The number of aromatic nitrogens is 2. The third-order valence-electron chi connectivity index (χ3n) is 1.46. The fourth-order valence-corrected chi connectivity index (χ4v) is 0.983. The first-order chi connectivity index (χ1) is 6.01. The number of aryl methyl sites for hydroxylation is 1. The molecule has 0 N–H and O–H groups in total.